The molecule has 160 valence electrons. The molecule has 4 rings (SSSR count). The Hall–Kier alpha value is -3.48. The van der Waals surface area contributed by atoms with Gasteiger partial charge in [-0.05, 0) is 49.2 Å². The summed E-state index contributed by atoms with van der Waals surface area (Å²) < 4.78 is 15.3. The van der Waals surface area contributed by atoms with Gasteiger partial charge < -0.3 is 9.88 Å². The number of halogens is 1. The number of aromatic amines is 1. The third-order valence-electron chi connectivity index (χ3n) is 5.61. The largest absolute Gasteiger partial charge is 0.346 e. The van der Waals surface area contributed by atoms with Gasteiger partial charge in [0.15, 0.2) is 0 Å². The summed E-state index contributed by atoms with van der Waals surface area (Å²) in [5.41, 5.74) is 4.99. The van der Waals surface area contributed by atoms with Gasteiger partial charge in [0.2, 0.25) is 5.91 Å². The summed E-state index contributed by atoms with van der Waals surface area (Å²) in [6, 6.07) is 13.8. The number of nitrogens with one attached hydrogen (secondary N) is 2. The van der Waals surface area contributed by atoms with Crippen LogP contribution in [0.3, 0.4) is 0 Å². The minimum Gasteiger partial charge on any atom is -0.346 e. The van der Waals surface area contributed by atoms with Crippen LogP contribution in [0.4, 0.5) is 4.39 Å². The number of rotatable bonds is 6. The van der Waals surface area contributed by atoms with E-state index in [1.54, 1.807) is 12.1 Å². The van der Waals surface area contributed by atoms with Crippen LogP contribution in [0.2, 0.25) is 0 Å². The maximum atomic E-state index is 13.3. The van der Waals surface area contributed by atoms with Crippen molar-refractivity contribution in [2.45, 2.75) is 33.2 Å². The third-order valence-corrected chi connectivity index (χ3v) is 5.61. The van der Waals surface area contributed by atoms with Crippen LogP contribution in [0.25, 0.3) is 22.3 Å². The molecule has 6 nitrogen and oxygen atoms in total. The van der Waals surface area contributed by atoms with E-state index in [0.29, 0.717) is 5.69 Å². The van der Waals surface area contributed by atoms with Crippen LogP contribution in [0.15, 0.2) is 48.5 Å². The summed E-state index contributed by atoms with van der Waals surface area (Å²) in [7, 11) is 1.97. The summed E-state index contributed by atoms with van der Waals surface area (Å²) in [5, 5.41) is 10.5. The molecular formula is C24H26FN5O. The summed E-state index contributed by atoms with van der Waals surface area (Å²) in [6.45, 7) is 6.02. The molecule has 0 bridgehead atoms. The maximum Gasteiger partial charge on any atom is 0.225 e. The molecule has 1 amide bonds. The molecule has 4 aromatic rings. The van der Waals surface area contributed by atoms with Gasteiger partial charge in [-0.1, -0.05) is 26.0 Å². The lowest BCUT2D eigenvalue weighted by atomic mass is 10.0. The highest BCUT2D eigenvalue weighted by molar-refractivity contribution is 5.82. The summed E-state index contributed by atoms with van der Waals surface area (Å²) in [4.78, 5) is 17.8. The fourth-order valence-corrected chi connectivity index (χ4v) is 3.87. The number of aryl methyl sites for hydroxylation is 2. The zero-order chi connectivity index (χ0) is 22.1. The number of fused-ring (bicyclic) bond motifs is 1. The smallest absolute Gasteiger partial charge is 0.225 e. The van der Waals surface area contributed by atoms with E-state index in [-0.39, 0.29) is 30.1 Å². The Morgan fingerprint density at radius 3 is 2.55 bits per heavy atom. The second-order valence-corrected chi connectivity index (χ2v) is 8.17. The molecule has 0 spiro atoms. The van der Waals surface area contributed by atoms with E-state index in [4.69, 9.17) is 4.98 Å². The highest BCUT2D eigenvalue weighted by Crippen LogP contribution is 2.27. The zero-order valence-electron chi connectivity index (χ0n) is 18.1. The van der Waals surface area contributed by atoms with Crippen molar-refractivity contribution >= 4 is 16.9 Å². The molecule has 0 aliphatic heterocycles. The van der Waals surface area contributed by atoms with Crippen LogP contribution < -0.4 is 5.32 Å². The fraction of sp³-hybridized carbons (Fsp3) is 0.292. The Bertz CT molecular complexity index is 1220. The topological polar surface area (TPSA) is 75.6 Å². The molecule has 0 fully saturated rings. The van der Waals surface area contributed by atoms with Gasteiger partial charge in [-0.15, -0.1) is 0 Å². The van der Waals surface area contributed by atoms with Gasteiger partial charge in [-0.25, -0.2) is 9.37 Å². The number of imidazole rings is 1. The Morgan fingerprint density at radius 2 is 1.87 bits per heavy atom. The SMILES string of the molecule is Cc1[nH]nc(-c2ccc(F)cc2)c1CC(=O)N[C@@H](c1nc2ccccc2n1C)C(C)C. The van der Waals surface area contributed by atoms with Crippen molar-refractivity contribution in [1.82, 2.24) is 25.1 Å². The molecule has 0 aliphatic rings. The quantitative estimate of drug-likeness (QED) is 0.484. The number of hydrogen-bond acceptors (Lipinski definition) is 3. The lowest BCUT2D eigenvalue weighted by molar-refractivity contribution is -0.121. The van der Waals surface area contributed by atoms with Crippen molar-refractivity contribution in [2.75, 3.05) is 0 Å². The first-order chi connectivity index (χ1) is 14.8. The number of aromatic nitrogens is 4. The van der Waals surface area contributed by atoms with Crippen LogP contribution in [0.1, 0.15) is 37.0 Å². The van der Waals surface area contributed by atoms with Crippen LogP contribution >= 0.6 is 0 Å². The molecule has 2 aromatic heterocycles. The van der Waals surface area contributed by atoms with Gasteiger partial charge in [0.1, 0.15) is 11.6 Å². The molecule has 2 N–H and O–H groups in total. The van der Waals surface area contributed by atoms with Gasteiger partial charge in [0, 0.05) is 23.9 Å². The molecule has 0 saturated heterocycles. The van der Waals surface area contributed by atoms with Crippen LogP contribution in [0, 0.1) is 18.7 Å². The monoisotopic (exact) mass is 419 g/mol. The lowest BCUT2D eigenvalue weighted by Gasteiger charge is -2.22. The molecule has 1 atom stereocenters. The molecule has 2 aromatic carbocycles. The van der Waals surface area contributed by atoms with E-state index >= 15 is 0 Å². The van der Waals surface area contributed by atoms with E-state index in [1.807, 2.05) is 42.8 Å². The number of nitrogens with zero attached hydrogens (tertiary/aromatic N) is 3. The Kier molecular flexibility index (Phi) is 5.59. The third kappa shape index (κ3) is 4.08. The molecule has 2 heterocycles. The Balaban J connectivity index is 1.59. The van der Waals surface area contributed by atoms with E-state index in [9.17, 15) is 9.18 Å². The lowest BCUT2D eigenvalue weighted by Crippen LogP contribution is -2.34. The van der Waals surface area contributed by atoms with Gasteiger partial charge >= 0.3 is 0 Å². The van der Waals surface area contributed by atoms with Gasteiger partial charge in [0.05, 0.1) is 29.2 Å². The molecule has 0 saturated carbocycles. The van der Waals surface area contributed by atoms with E-state index < -0.39 is 0 Å². The standard InChI is InChI=1S/C24H26FN5O/c1-14(2)22(24-26-19-7-5-6-8-20(19)30(24)4)27-21(31)13-18-15(3)28-29-23(18)16-9-11-17(25)12-10-16/h5-12,14,22H,13H2,1-4H3,(H,27,31)(H,28,29)/t22-/m1/s1. The van der Waals surface area contributed by atoms with Crippen LogP contribution in [-0.4, -0.2) is 25.7 Å². The number of benzene rings is 2. The van der Waals surface area contributed by atoms with E-state index in [2.05, 4.69) is 29.4 Å². The first-order valence-corrected chi connectivity index (χ1v) is 10.4. The number of carbonyl (C=O) groups is 1. The Morgan fingerprint density at radius 1 is 1.16 bits per heavy atom. The van der Waals surface area contributed by atoms with Crippen LogP contribution in [-0.2, 0) is 18.3 Å². The van der Waals surface area contributed by atoms with E-state index in [1.165, 1.54) is 12.1 Å². The summed E-state index contributed by atoms with van der Waals surface area (Å²) in [6.07, 6.45) is 0.169. The molecule has 7 heteroatoms. The average molecular weight is 420 g/mol. The van der Waals surface area contributed by atoms with Crippen molar-refractivity contribution in [1.29, 1.82) is 0 Å². The van der Waals surface area contributed by atoms with Crippen molar-refractivity contribution in [3.63, 3.8) is 0 Å². The number of carbonyl (C=O) groups excluding carboxylic acids is 1. The van der Waals surface area contributed by atoms with Crippen molar-refractivity contribution in [3.05, 3.63) is 71.4 Å². The molecule has 0 unspecified atom stereocenters. The zero-order valence-corrected chi connectivity index (χ0v) is 18.1. The molecular weight excluding hydrogens is 393 g/mol. The van der Waals surface area contributed by atoms with Crippen molar-refractivity contribution < 1.29 is 9.18 Å². The number of H-pyrrole nitrogens is 1. The minimum atomic E-state index is -0.308. The van der Waals surface area contributed by atoms with Crippen molar-refractivity contribution in [2.24, 2.45) is 13.0 Å². The molecule has 0 aliphatic carbocycles. The number of hydrogen-bond donors (Lipinski definition) is 2. The molecule has 0 radical (unpaired) electrons. The highest BCUT2D eigenvalue weighted by Gasteiger charge is 2.25. The Labute approximate surface area is 180 Å². The average Bonchev–Trinajstić information content (AvgIpc) is 3.27. The first-order valence-electron chi connectivity index (χ1n) is 10.4. The van der Waals surface area contributed by atoms with E-state index in [0.717, 1.165) is 33.7 Å². The fourth-order valence-electron chi connectivity index (χ4n) is 3.87. The minimum absolute atomic E-state index is 0.112. The van der Waals surface area contributed by atoms with Gasteiger partial charge in [-0.3, -0.25) is 9.89 Å². The highest BCUT2D eigenvalue weighted by atomic mass is 19.1. The number of amides is 1. The number of para-hydroxylation sites is 2. The van der Waals surface area contributed by atoms with Crippen LogP contribution in [0.5, 0.6) is 0 Å². The summed E-state index contributed by atoms with van der Waals surface area (Å²) in [5.74, 6) is 0.560. The van der Waals surface area contributed by atoms with Gasteiger partial charge in [0.25, 0.3) is 0 Å². The van der Waals surface area contributed by atoms with Crippen molar-refractivity contribution in [3.8, 4) is 11.3 Å². The first kappa shape index (κ1) is 20.8. The maximum absolute atomic E-state index is 13.3. The van der Waals surface area contributed by atoms with Gasteiger partial charge in [-0.2, -0.15) is 5.10 Å². The second kappa shape index (κ2) is 8.34. The second-order valence-electron chi connectivity index (χ2n) is 8.17. The predicted molar refractivity (Wildman–Crippen MR) is 119 cm³/mol. The normalized spacial score (nSPS) is 12.5. The summed E-state index contributed by atoms with van der Waals surface area (Å²) >= 11 is 0. The predicted octanol–water partition coefficient (Wildman–Crippen LogP) is 4.47. The molecule has 31 heavy (non-hydrogen) atoms.